The molecule has 0 spiro atoms. The van der Waals surface area contributed by atoms with Crippen LogP contribution in [0.15, 0.2) is 42.5 Å². The quantitative estimate of drug-likeness (QED) is 0.450. The summed E-state index contributed by atoms with van der Waals surface area (Å²) in [6, 6.07) is 11.3. The van der Waals surface area contributed by atoms with Crippen LogP contribution in [0.25, 0.3) is 0 Å². The van der Waals surface area contributed by atoms with Crippen LogP contribution in [-0.4, -0.2) is 18.8 Å². The number of rotatable bonds is 4. The standard InChI is InChI=1S/C17H19N3O4/c1-3-23-17(22)24-13-7-5-12(6-8-13)19-16(21)20-15-10-11(2)4-9-14(15)18/h4-10H,3,18H2,1-2H3,(H2,19,20,21). The number of amides is 2. The molecular weight excluding hydrogens is 310 g/mol. The molecule has 2 amide bonds. The van der Waals surface area contributed by atoms with Gasteiger partial charge in [-0.15, -0.1) is 0 Å². The van der Waals surface area contributed by atoms with Crippen molar-refractivity contribution >= 4 is 29.2 Å². The SMILES string of the molecule is CCOC(=O)Oc1ccc(NC(=O)Nc2cc(C)ccc2N)cc1. The Bertz CT molecular complexity index is 729. The third-order valence-electron chi connectivity index (χ3n) is 3.03. The zero-order valence-corrected chi connectivity index (χ0v) is 13.5. The molecule has 2 aromatic carbocycles. The van der Waals surface area contributed by atoms with E-state index in [1.807, 2.05) is 13.0 Å². The minimum atomic E-state index is -0.772. The molecule has 0 aliphatic rings. The van der Waals surface area contributed by atoms with E-state index in [2.05, 4.69) is 15.4 Å². The van der Waals surface area contributed by atoms with Gasteiger partial charge >= 0.3 is 12.2 Å². The zero-order valence-electron chi connectivity index (χ0n) is 13.5. The van der Waals surface area contributed by atoms with E-state index in [1.165, 1.54) is 0 Å². The molecule has 4 N–H and O–H groups in total. The summed E-state index contributed by atoms with van der Waals surface area (Å²) in [7, 11) is 0. The van der Waals surface area contributed by atoms with E-state index in [-0.39, 0.29) is 6.61 Å². The second-order valence-electron chi connectivity index (χ2n) is 4.98. The molecule has 2 rings (SSSR count). The third-order valence-corrected chi connectivity index (χ3v) is 3.03. The lowest BCUT2D eigenvalue weighted by molar-refractivity contribution is 0.104. The van der Waals surface area contributed by atoms with Gasteiger partial charge < -0.3 is 25.8 Å². The van der Waals surface area contributed by atoms with E-state index in [0.717, 1.165) is 5.56 Å². The van der Waals surface area contributed by atoms with E-state index >= 15 is 0 Å². The number of urea groups is 1. The number of aryl methyl sites for hydroxylation is 1. The number of hydrogen-bond donors (Lipinski definition) is 3. The van der Waals surface area contributed by atoms with Crippen molar-refractivity contribution in [2.75, 3.05) is 23.0 Å². The van der Waals surface area contributed by atoms with Crippen LogP contribution in [0, 0.1) is 6.92 Å². The van der Waals surface area contributed by atoms with Crippen molar-refractivity contribution < 1.29 is 19.1 Å². The smallest absolute Gasteiger partial charge is 0.434 e. The lowest BCUT2D eigenvalue weighted by Crippen LogP contribution is -2.20. The molecule has 0 fully saturated rings. The van der Waals surface area contributed by atoms with Gasteiger partial charge in [0.05, 0.1) is 18.0 Å². The van der Waals surface area contributed by atoms with Crippen LogP contribution in [-0.2, 0) is 4.74 Å². The summed E-state index contributed by atoms with van der Waals surface area (Å²) < 4.78 is 9.61. The fourth-order valence-corrected chi connectivity index (χ4v) is 1.91. The van der Waals surface area contributed by atoms with Crippen molar-refractivity contribution in [1.82, 2.24) is 0 Å². The minimum absolute atomic E-state index is 0.237. The number of nitrogens with one attached hydrogen (secondary N) is 2. The van der Waals surface area contributed by atoms with E-state index in [0.29, 0.717) is 22.8 Å². The number of nitrogen functional groups attached to an aromatic ring is 1. The summed E-state index contributed by atoms with van der Waals surface area (Å²) in [6.45, 7) is 3.83. The summed E-state index contributed by atoms with van der Waals surface area (Å²) in [5, 5.41) is 5.35. The highest BCUT2D eigenvalue weighted by atomic mass is 16.7. The molecular formula is C17H19N3O4. The number of ether oxygens (including phenoxy) is 2. The van der Waals surface area contributed by atoms with E-state index < -0.39 is 12.2 Å². The van der Waals surface area contributed by atoms with Crippen LogP contribution in [0.1, 0.15) is 12.5 Å². The molecule has 0 heterocycles. The van der Waals surface area contributed by atoms with Crippen LogP contribution >= 0.6 is 0 Å². The molecule has 0 radical (unpaired) electrons. The first-order valence-electron chi connectivity index (χ1n) is 7.36. The number of anilines is 3. The van der Waals surface area contributed by atoms with Gasteiger partial charge in [-0.1, -0.05) is 6.07 Å². The fraction of sp³-hybridized carbons (Fsp3) is 0.176. The average molecular weight is 329 g/mol. The van der Waals surface area contributed by atoms with Gasteiger partial charge in [-0.25, -0.2) is 9.59 Å². The Labute approximate surface area is 139 Å². The monoisotopic (exact) mass is 329 g/mol. The molecule has 24 heavy (non-hydrogen) atoms. The molecule has 0 aliphatic heterocycles. The van der Waals surface area contributed by atoms with Gasteiger partial charge in [0.15, 0.2) is 0 Å². The second-order valence-corrected chi connectivity index (χ2v) is 4.98. The van der Waals surface area contributed by atoms with Crippen molar-refractivity contribution in [2.45, 2.75) is 13.8 Å². The topological polar surface area (TPSA) is 103 Å². The number of carbonyl (C=O) groups is 2. The lowest BCUT2D eigenvalue weighted by Gasteiger charge is -2.11. The van der Waals surface area contributed by atoms with Gasteiger partial charge in [-0.2, -0.15) is 0 Å². The summed E-state index contributed by atoms with van der Waals surface area (Å²) >= 11 is 0. The Morgan fingerprint density at radius 3 is 2.46 bits per heavy atom. The zero-order chi connectivity index (χ0) is 17.5. The molecule has 7 nitrogen and oxygen atoms in total. The van der Waals surface area contributed by atoms with Gasteiger partial charge in [0, 0.05) is 5.69 Å². The van der Waals surface area contributed by atoms with Gasteiger partial charge in [-0.3, -0.25) is 0 Å². The van der Waals surface area contributed by atoms with Crippen molar-refractivity contribution in [3.05, 3.63) is 48.0 Å². The molecule has 2 aromatic rings. The number of benzene rings is 2. The Balaban J connectivity index is 1.94. The summed E-state index contributed by atoms with van der Waals surface area (Å²) in [5.74, 6) is 0.322. The molecule has 0 bridgehead atoms. The minimum Gasteiger partial charge on any atom is -0.434 e. The Kier molecular flexibility index (Phi) is 5.62. The highest BCUT2D eigenvalue weighted by Crippen LogP contribution is 2.20. The Morgan fingerprint density at radius 2 is 1.79 bits per heavy atom. The van der Waals surface area contributed by atoms with Crippen molar-refractivity contribution in [3.8, 4) is 5.75 Å². The predicted molar refractivity (Wildman–Crippen MR) is 92.3 cm³/mol. The molecule has 0 unspecified atom stereocenters. The van der Waals surface area contributed by atoms with Gasteiger partial charge in [0.25, 0.3) is 0 Å². The normalized spacial score (nSPS) is 9.92. The predicted octanol–water partition coefficient (Wildman–Crippen LogP) is 3.76. The van der Waals surface area contributed by atoms with E-state index in [9.17, 15) is 9.59 Å². The third kappa shape index (κ3) is 4.91. The number of hydrogen-bond acceptors (Lipinski definition) is 5. The maximum atomic E-state index is 12.0. The fourth-order valence-electron chi connectivity index (χ4n) is 1.91. The Hall–Kier alpha value is -3.22. The highest BCUT2D eigenvalue weighted by molar-refractivity contribution is 6.01. The molecule has 0 atom stereocenters. The molecule has 0 aliphatic carbocycles. The lowest BCUT2D eigenvalue weighted by atomic mass is 10.2. The molecule has 126 valence electrons. The highest BCUT2D eigenvalue weighted by Gasteiger charge is 2.07. The molecule has 7 heteroatoms. The van der Waals surface area contributed by atoms with Crippen LogP contribution in [0.4, 0.5) is 26.7 Å². The van der Waals surface area contributed by atoms with Crippen molar-refractivity contribution in [1.29, 1.82) is 0 Å². The van der Waals surface area contributed by atoms with Crippen LogP contribution in [0.2, 0.25) is 0 Å². The first-order valence-corrected chi connectivity index (χ1v) is 7.36. The summed E-state index contributed by atoms with van der Waals surface area (Å²) in [5.41, 5.74) is 8.36. The van der Waals surface area contributed by atoms with Gasteiger partial charge in [0.1, 0.15) is 5.75 Å². The molecule has 0 saturated heterocycles. The summed E-state index contributed by atoms with van der Waals surface area (Å²) in [4.78, 5) is 23.2. The van der Waals surface area contributed by atoms with Crippen LogP contribution in [0.5, 0.6) is 5.75 Å². The number of carbonyl (C=O) groups excluding carboxylic acids is 2. The van der Waals surface area contributed by atoms with Crippen molar-refractivity contribution in [3.63, 3.8) is 0 Å². The molecule has 0 aromatic heterocycles. The average Bonchev–Trinajstić information content (AvgIpc) is 2.53. The van der Waals surface area contributed by atoms with Gasteiger partial charge in [0.2, 0.25) is 0 Å². The first kappa shape index (κ1) is 17.1. The van der Waals surface area contributed by atoms with Crippen LogP contribution < -0.4 is 21.1 Å². The van der Waals surface area contributed by atoms with E-state index in [4.69, 9.17) is 10.5 Å². The first-order chi connectivity index (χ1) is 11.5. The maximum absolute atomic E-state index is 12.0. The largest absolute Gasteiger partial charge is 0.513 e. The maximum Gasteiger partial charge on any atom is 0.513 e. The van der Waals surface area contributed by atoms with Crippen LogP contribution in [0.3, 0.4) is 0 Å². The Morgan fingerprint density at radius 1 is 1.08 bits per heavy atom. The second kappa shape index (κ2) is 7.87. The summed E-state index contributed by atoms with van der Waals surface area (Å²) in [6.07, 6.45) is -0.772. The molecule has 0 saturated carbocycles. The van der Waals surface area contributed by atoms with E-state index in [1.54, 1.807) is 43.3 Å². The van der Waals surface area contributed by atoms with Gasteiger partial charge in [-0.05, 0) is 55.8 Å². The van der Waals surface area contributed by atoms with Crippen molar-refractivity contribution in [2.24, 2.45) is 0 Å². The number of nitrogens with two attached hydrogens (primary N) is 1.